The number of hydrogen-bond donors (Lipinski definition) is 2. The molecular weight excluding hydrogens is 354 g/mol. The third-order valence-corrected chi connectivity index (χ3v) is 5.02. The monoisotopic (exact) mass is 367 g/mol. The predicted molar refractivity (Wildman–Crippen MR) is 90.9 cm³/mol. The standard InChI is InChI=1S/C17H14BrN5/c18-15-10(6-19)2-1-3-11(15)14-12(7-20)16(9-4-5-9)23-17(22)13(14)8-21/h1-3,8-9,14H,4-5,21H2,(H2,22,23)/b13-8-. The van der Waals surface area contributed by atoms with E-state index < -0.39 is 5.92 Å². The summed E-state index contributed by atoms with van der Waals surface area (Å²) in [6, 6.07) is 9.82. The van der Waals surface area contributed by atoms with E-state index in [0.717, 1.165) is 24.1 Å². The zero-order valence-corrected chi connectivity index (χ0v) is 13.8. The Kier molecular flexibility index (Phi) is 3.94. The van der Waals surface area contributed by atoms with Crippen LogP contribution in [-0.4, -0.2) is 5.84 Å². The maximum absolute atomic E-state index is 9.72. The molecule has 4 N–H and O–H groups in total. The molecule has 5 nitrogen and oxygen atoms in total. The Labute approximate surface area is 142 Å². The highest BCUT2D eigenvalue weighted by Gasteiger charge is 2.38. The highest BCUT2D eigenvalue weighted by molar-refractivity contribution is 9.10. The van der Waals surface area contributed by atoms with Crippen LogP contribution in [0.15, 0.2) is 50.7 Å². The molecule has 1 aliphatic heterocycles. The molecule has 1 aromatic rings. The minimum atomic E-state index is -0.402. The van der Waals surface area contributed by atoms with Gasteiger partial charge in [0.1, 0.15) is 11.9 Å². The summed E-state index contributed by atoms with van der Waals surface area (Å²) in [5.74, 6) is 0.233. The Morgan fingerprint density at radius 2 is 2.00 bits per heavy atom. The van der Waals surface area contributed by atoms with Crippen LogP contribution in [0.3, 0.4) is 0 Å². The molecule has 1 heterocycles. The quantitative estimate of drug-likeness (QED) is 0.836. The van der Waals surface area contributed by atoms with Crippen LogP contribution in [0.25, 0.3) is 0 Å². The Bertz CT molecular complexity index is 847. The fourth-order valence-electron chi connectivity index (χ4n) is 2.86. The second-order valence-corrected chi connectivity index (χ2v) is 6.35. The topological polar surface area (TPSA) is 112 Å². The predicted octanol–water partition coefficient (Wildman–Crippen LogP) is 2.81. The first kappa shape index (κ1) is 15.3. The average Bonchev–Trinajstić information content (AvgIpc) is 3.39. The van der Waals surface area contributed by atoms with Crippen LogP contribution in [0.4, 0.5) is 0 Å². The van der Waals surface area contributed by atoms with Crippen LogP contribution in [0.2, 0.25) is 0 Å². The Morgan fingerprint density at radius 1 is 1.26 bits per heavy atom. The summed E-state index contributed by atoms with van der Waals surface area (Å²) in [7, 11) is 0. The van der Waals surface area contributed by atoms with Crippen molar-refractivity contribution in [2.45, 2.75) is 18.8 Å². The number of nitriles is 2. The van der Waals surface area contributed by atoms with Crippen LogP contribution in [0.5, 0.6) is 0 Å². The zero-order valence-electron chi connectivity index (χ0n) is 12.3. The van der Waals surface area contributed by atoms with Crippen molar-refractivity contribution in [3.63, 3.8) is 0 Å². The number of nitrogens with two attached hydrogens (primary N) is 2. The normalized spacial score (nSPS) is 22.5. The molecule has 114 valence electrons. The maximum Gasteiger partial charge on any atom is 0.129 e. The van der Waals surface area contributed by atoms with Crippen molar-refractivity contribution >= 4 is 21.8 Å². The minimum Gasteiger partial charge on any atom is -0.404 e. The van der Waals surface area contributed by atoms with Gasteiger partial charge >= 0.3 is 0 Å². The van der Waals surface area contributed by atoms with E-state index in [4.69, 9.17) is 11.5 Å². The minimum absolute atomic E-state index is 0.294. The molecule has 1 saturated carbocycles. The highest BCUT2D eigenvalue weighted by Crippen LogP contribution is 2.47. The van der Waals surface area contributed by atoms with Crippen molar-refractivity contribution < 1.29 is 0 Å². The number of hydrogen-bond acceptors (Lipinski definition) is 5. The largest absolute Gasteiger partial charge is 0.404 e. The van der Waals surface area contributed by atoms with Gasteiger partial charge in [0.15, 0.2) is 0 Å². The number of nitrogens with zero attached hydrogens (tertiary/aromatic N) is 3. The zero-order chi connectivity index (χ0) is 16.6. The molecule has 1 fully saturated rings. The number of halogens is 1. The first-order valence-electron chi connectivity index (χ1n) is 7.21. The summed E-state index contributed by atoms with van der Waals surface area (Å²) in [6.45, 7) is 0. The summed E-state index contributed by atoms with van der Waals surface area (Å²) in [6.07, 6.45) is 3.44. The molecule has 1 unspecified atom stereocenters. The molecule has 0 radical (unpaired) electrons. The molecule has 0 aromatic heterocycles. The lowest BCUT2D eigenvalue weighted by molar-refractivity contribution is 0.861. The van der Waals surface area contributed by atoms with Crippen LogP contribution >= 0.6 is 15.9 Å². The van der Waals surface area contributed by atoms with Crippen molar-refractivity contribution in [1.29, 1.82) is 10.5 Å². The number of rotatable bonds is 2. The van der Waals surface area contributed by atoms with Crippen LogP contribution < -0.4 is 11.5 Å². The van der Waals surface area contributed by atoms with Gasteiger partial charge in [0.2, 0.25) is 0 Å². The molecule has 0 bridgehead atoms. The molecule has 3 rings (SSSR count). The van der Waals surface area contributed by atoms with Crippen molar-refractivity contribution in [2.75, 3.05) is 0 Å². The number of amidine groups is 1. The van der Waals surface area contributed by atoms with Gasteiger partial charge < -0.3 is 11.5 Å². The van der Waals surface area contributed by atoms with E-state index in [1.807, 2.05) is 6.07 Å². The molecule has 0 spiro atoms. The third kappa shape index (κ3) is 2.52. The summed E-state index contributed by atoms with van der Waals surface area (Å²) >= 11 is 3.48. The number of allylic oxidation sites excluding steroid dienone is 2. The van der Waals surface area contributed by atoms with E-state index in [2.05, 4.69) is 33.1 Å². The van der Waals surface area contributed by atoms with Crippen LogP contribution in [0, 0.1) is 28.6 Å². The smallest absolute Gasteiger partial charge is 0.129 e. The van der Waals surface area contributed by atoms with E-state index in [1.165, 1.54) is 6.20 Å². The Balaban J connectivity index is 2.25. The highest BCUT2D eigenvalue weighted by atomic mass is 79.9. The molecular formula is C17H14BrN5. The molecule has 2 aliphatic rings. The van der Waals surface area contributed by atoms with Crippen LogP contribution in [-0.2, 0) is 0 Å². The number of benzene rings is 1. The summed E-state index contributed by atoms with van der Waals surface area (Å²) in [5.41, 5.74) is 15.1. The van der Waals surface area contributed by atoms with Gasteiger partial charge in [-0.1, -0.05) is 12.1 Å². The van der Waals surface area contributed by atoms with Crippen molar-refractivity contribution in [1.82, 2.24) is 0 Å². The van der Waals surface area contributed by atoms with Gasteiger partial charge in [0.05, 0.1) is 28.8 Å². The molecule has 1 atom stereocenters. The van der Waals surface area contributed by atoms with E-state index in [9.17, 15) is 10.5 Å². The Morgan fingerprint density at radius 3 is 2.57 bits per heavy atom. The second-order valence-electron chi connectivity index (χ2n) is 5.56. The van der Waals surface area contributed by atoms with Gasteiger partial charge in [-0.2, -0.15) is 10.5 Å². The van der Waals surface area contributed by atoms with Crippen molar-refractivity contribution in [3.8, 4) is 12.1 Å². The van der Waals surface area contributed by atoms with Gasteiger partial charge in [-0.25, -0.2) is 4.99 Å². The maximum atomic E-state index is 9.72. The SMILES string of the molecule is N#CC1=C(C2CC2)N=C(N)/C(=C\N)C1c1cccc(C#N)c1Br. The Hall–Kier alpha value is -2.57. The lowest BCUT2D eigenvalue weighted by Crippen LogP contribution is -2.27. The lowest BCUT2D eigenvalue weighted by atomic mass is 9.81. The molecule has 1 aliphatic carbocycles. The molecule has 6 heteroatoms. The van der Waals surface area contributed by atoms with E-state index in [-0.39, 0.29) is 0 Å². The van der Waals surface area contributed by atoms with Gasteiger partial charge in [-0.05, 0) is 40.4 Å². The lowest BCUT2D eigenvalue weighted by Gasteiger charge is -2.26. The molecule has 1 aromatic carbocycles. The van der Waals surface area contributed by atoms with Gasteiger partial charge in [0, 0.05) is 22.2 Å². The second kappa shape index (κ2) is 5.91. The fraction of sp³-hybridized carbons (Fsp3) is 0.235. The number of aliphatic imine (C=N–C) groups is 1. The van der Waals surface area contributed by atoms with E-state index in [1.54, 1.807) is 12.1 Å². The molecule has 0 saturated heterocycles. The molecule has 23 heavy (non-hydrogen) atoms. The summed E-state index contributed by atoms with van der Waals surface area (Å²) in [5, 5.41) is 19.0. The van der Waals surface area contributed by atoms with Gasteiger partial charge in [0.25, 0.3) is 0 Å². The average molecular weight is 368 g/mol. The van der Waals surface area contributed by atoms with Crippen molar-refractivity contribution in [3.05, 3.63) is 56.8 Å². The van der Waals surface area contributed by atoms with Crippen molar-refractivity contribution in [2.24, 2.45) is 22.4 Å². The molecule has 0 amide bonds. The third-order valence-electron chi connectivity index (χ3n) is 4.14. The first-order valence-corrected chi connectivity index (χ1v) is 8.00. The van der Waals surface area contributed by atoms with Gasteiger partial charge in [-0.15, -0.1) is 0 Å². The first-order chi connectivity index (χ1) is 11.1. The van der Waals surface area contributed by atoms with E-state index >= 15 is 0 Å². The van der Waals surface area contributed by atoms with E-state index in [0.29, 0.717) is 32.9 Å². The van der Waals surface area contributed by atoms with Crippen LogP contribution in [0.1, 0.15) is 29.9 Å². The summed E-state index contributed by atoms with van der Waals surface area (Å²) in [4.78, 5) is 4.42. The van der Waals surface area contributed by atoms with Gasteiger partial charge in [-0.3, -0.25) is 0 Å². The summed E-state index contributed by atoms with van der Waals surface area (Å²) < 4.78 is 0.657. The fourth-order valence-corrected chi connectivity index (χ4v) is 3.44.